The van der Waals surface area contributed by atoms with Gasteiger partial charge in [0.05, 0.1) is 0 Å². The van der Waals surface area contributed by atoms with Crippen LogP contribution in [0, 0.1) is 0 Å². The van der Waals surface area contributed by atoms with Crippen molar-refractivity contribution in [3.05, 3.63) is 34.9 Å². The molecule has 0 amide bonds. The van der Waals surface area contributed by atoms with Crippen LogP contribution in [0.25, 0.3) is 0 Å². The molecule has 0 bridgehead atoms. The molecule has 0 atom stereocenters. The van der Waals surface area contributed by atoms with Crippen LogP contribution in [0.4, 0.5) is 0 Å². The summed E-state index contributed by atoms with van der Waals surface area (Å²) >= 11 is 0. The third-order valence-electron chi connectivity index (χ3n) is 3.28. The standard InChI is InChI=1S/C13H19N/c1-3-11-6-5-7-12-8-9-14(4-2)10-13(11)12/h5-7H,3-4,8-10H2,1-2H3. The maximum atomic E-state index is 2.53. The highest BCUT2D eigenvalue weighted by Crippen LogP contribution is 2.22. The highest BCUT2D eigenvalue weighted by molar-refractivity contribution is 5.36. The molecule has 0 N–H and O–H groups in total. The van der Waals surface area contributed by atoms with E-state index in [9.17, 15) is 0 Å². The molecular weight excluding hydrogens is 170 g/mol. The monoisotopic (exact) mass is 189 g/mol. The molecule has 1 aliphatic heterocycles. The maximum absolute atomic E-state index is 2.53. The van der Waals surface area contributed by atoms with Gasteiger partial charge in [-0.3, -0.25) is 4.90 Å². The van der Waals surface area contributed by atoms with Crippen LogP contribution in [-0.2, 0) is 19.4 Å². The van der Waals surface area contributed by atoms with Gasteiger partial charge in [-0.2, -0.15) is 0 Å². The van der Waals surface area contributed by atoms with Crippen LogP contribution in [0.15, 0.2) is 18.2 Å². The number of hydrogen-bond donors (Lipinski definition) is 0. The Labute approximate surface area is 86.7 Å². The number of fused-ring (bicyclic) bond motifs is 1. The minimum atomic E-state index is 1.16. The molecule has 1 heteroatoms. The summed E-state index contributed by atoms with van der Waals surface area (Å²) in [6.45, 7) is 8.07. The number of likely N-dealkylation sites (N-methyl/N-ethyl adjacent to an activating group) is 1. The lowest BCUT2D eigenvalue weighted by Gasteiger charge is -2.29. The van der Waals surface area contributed by atoms with Gasteiger partial charge in [0.25, 0.3) is 0 Å². The van der Waals surface area contributed by atoms with Gasteiger partial charge in [0.2, 0.25) is 0 Å². The fourth-order valence-electron chi connectivity index (χ4n) is 2.31. The highest BCUT2D eigenvalue weighted by atomic mass is 15.1. The van der Waals surface area contributed by atoms with Gasteiger partial charge in [-0.05, 0) is 36.1 Å². The number of rotatable bonds is 2. The van der Waals surface area contributed by atoms with Crippen molar-refractivity contribution in [3.63, 3.8) is 0 Å². The first-order chi connectivity index (χ1) is 6.85. The Kier molecular flexibility index (Phi) is 2.87. The van der Waals surface area contributed by atoms with Crippen molar-refractivity contribution in [1.29, 1.82) is 0 Å². The van der Waals surface area contributed by atoms with Crippen molar-refractivity contribution in [2.24, 2.45) is 0 Å². The van der Waals surface area contributed by atoms with Crippen molar-refractivity contribution < 1.29 is 0 Å². The Morgan fingerprint density at radius 3 is 2.86 bits per heavy atom. The quantitative estimate of drug-likeness (QED) is 0.691. The number of hydrogen-bond acceptors (Lipinski definition) is 1. The van der Waals surface area contributed by atoms with Gasteiger partial charge in [0.1, 0.15) is 0 Å². The van der Waals surface area contributed by atoms with Gasteiger partial charge in [0, 0.05) is 13.1 Å². The second-order valence-electron chi connectivity index (χ2n) is 4.03. The zero-order valence-electron chi connectivity index (χ0n) is 9.21. The predicted molar refractivity (Wildman–Crippen MR) is 60.5 cm³/mol. The molecule has 0 saturated carbocycles. The minimum absolute atomic E-state index is 1.16. The van der Waals surface area contributed by atoms with E-state index in [4.69, 9.17) is 0 Å². The third-order valence-corrected chi connectivity index (χ3v) is 3.28. The average Bonchev–Trinajstić information content (AvgIpc) is 2.27. The van der Waals surface area contributed by atoms with E-state index < -0.39 is 0 Å². The molecule has 0 radical (unpaired) electrons. The minimum Gasteiger partial charge on any atom is -0.299 e. The van der Waals surface area contributed by atoms with Crippen LogP contribution < -0.4 is 0 Å². The Morgan fingerprint density at radius 2 is 2.14 bits per heavy atom. The summed E-state index contributed by atoms with van der Waals surface area (Å²) in [5, 5.41) is 0. The summed E-state index contributed by atoms with van der Waals surface area (Å²) in [4.78, 5) is 2.53. The zero-order chi connectivity index (χ0) is 9.97. The number of benzene rings is 1. The van der Waals surface area contributed by atoms with Crippen LogP contribution in [0.5, 0.6) is 0 Å². The molecule has 76 valence electrons. The molecule has 0 unspecified atom stereocenters. The van der Waals surface area contributed by atoms with Crippen molar-refractivity contribution in [2.75, 3.05) is 13.1 Å². The van der Waals surface area contributed by atoms with Crippen LogP contribution >= 0.6 is 0 Å². The third kappa shape index (κ3) is 1.69. The number of nitrogens with zero attached hydrogens (tertiary/aromatic N) is 1. The molecule has 0 aliphatic carbocycles. The Morgan fingerprint density at radius 1 is 1.29 bits per heavy atom. The van der Waals surface area contributed by atoms with Crippen molar-refractivity contribution in [3.8, 4) is 0 Å². The molecule has 0 fully saturated rings. The van der Waals surface area contributed by atoms with E-state index in [2.05, 4.69) is 36.9 Å². The summed E-state index contributed by atoms with van der Waals surface area (Å²) in [7, 11) is 0. The molecule has 2 rings (SSSR count). The SMILES string of the molecule is CCc1cccc2c1CN(CC)CC2. The first-order valence-corrected chi connectivity index (χ1v) is 5.67. The summed E-state index contributed by atoms with van der Waals surface area (Å²) < 4.78 is 0. The summed E-state index contributed by atoms with van der Waals surface area (Å²) in [5.74, 6) is 0. The second kappa shape index (κ2) is 4.14. The smallest absolute Gasteiger partial charge is 0.0239 e. The van der Waals surface area contributed by atoms with Crippen molar-refractivity contribution in [1.82, 2.24) is 4.90 Å². The van der Waals surface area contributed by atoms with E-state index in [-0.39, 0.29) is 0 Å². The summed E-state index contributed by atoms with van der Waals surface area (Å²) in [6.07, 6.45) is 2.40. The molecule has 0 spiro atoms. The first kappa shape index (κ1) is 9.72. The molecular formula is C13H19N. The molecule has 0 saturated heterocycles. The van der Waals surface area contributed by atoms with E-state index in [1.165, 1.54) is 25.9 Å². The van der Waals surface area contributed by atoms with Crippen molar-refractivity contribution in [2.45, 2.75) is 33.2 Å². The van der Waals surface area contributed by atoms with E-state index >= 15 is 0 Å². The van der Waals surface area contributed by atoms with Gasteiger partial charge in [-0.25, -0.2) is 0 Å². The van der Waals surface area contributed by atoms with E-state index in [1.807, 2.05) is 0 Å². The maximum Gasteiger partial charge on any atom is 0.0239 e. The van der Waals surface area contributed by atoms with Gasteiger partial charge in [-0.15, -0.1) is 0 Å². The first-order valence-electron chi connectivity index (χ1n) is 5.67. The lowest BCUT2D eigenvalue weighted by molar-refractivity contribution is 0.267. The predicted octanol–water partition coefficient (Wildman–Crippen LogP) is 2.63. The highest BCUT2D eigenvalue weighted by Gasteiger charge is 2.16. The molecule has 14 heavy (non-hydrogen) atoms. The molecule has 1 aromatic carbocycles. The van der Waals surface area contributed by atoms with E-state index in [1.54, 1.807) is 16.7 Å². The zero-order valence-corrected chi connectivity index (χ0v) is 9.21. The van der Waals surface area contributed by atoms with E-state index in [0.29, 0.717) is 0 Å². The Hall–Kier alpha value is -0.820. The number of aryl methyl sites for hydroxylation is 1. The van der Waals surface area contributed by atoms with Crippen molar-refractivity contribution >= 4 is 0 Å². The van der Waals surface area contributed by atoms with Gasteiger partial charge in [0.15, 0.2) is 0 Å². The van der Waals surface area contributed by atoms with Gasteiger partial charge < -0.3 is 0 Å². The summed E-state index contributed by atoms with van der Waals surface area (Å²) in [5.41, 5.74) is 4.72. The largest absolute Gasteiger partial charge is 0.299 e. The van der Waals surface area contributed by atoms with Crippen LogP contribution in [0.2, 0.25) is 0 Å². The fourth-order valence-corrected chi connectivity index (χ4v) is 2.31. The lowest BCUT2D eigenvalue weighted by Crippen LogP contribution is -2.30. The summed E-state index contributed by atoms with van der Waals surface area (Å²) in [6, 6.07) is 6.78. The van der Waals surface area contributed by atoms with Crippen LogP contribution in [-0.4, -0.2) is 18.0 Å². The van der Waals surface area contributed by atoms with Gasteiger partial charge >= 0.3 is 0 Å². The normalized spacial score (nSPS) is 16.7. The lowest BCUT2D eigenvalue weighted by atomic mass is 9.94. The van der Waals surface area contributed by atoms with Crippen LogP contribution in [0.1, 0.15) is 30.5 Å². The molecule has 1 heterocycles. The molecule has 1 aliphatic rings. The van der Waals surface area contributed by atoms with Crippen LogP contribution in [0.3, 0.4) is 0 Å². The average molecular weight is 189 g/mol. The molecule has 1 aromatic rings. The Bertz CT molecular complexity index is 303. The molecule has 0 aromatic heterocycles. The molecule has 1 nitrogen and oxygen atoms in total. The van der Waals surface area contributed by atoms with Gasteiger partial charge in [-0.1, -0.05) is 32.0 Å². The van der Waals surface area contributed by atoms with E-state index in [0.717, 1.165) is 6.54 Å². The fraction of sp³-hybridized carbons (Fsp3) is 0.538. The Balaban J connectivity index is 2.33. The second-order valence-corrected chi connectivity index (χ2v) is 4.03. The topological polar surface area (TPSA) is 3.24 Å².